The van der Waals surface area contributed by atoms with Gasteiger partial charge < -0.3 is 0 Å². The van der Waals surface area contributed by atoms with Gasteiger partial charge in [-0.2, -0.15) is 5.53 Å². The lowest BCUT2D eigenvalue weighted by atomic mass is 10.0. The molecule has 1 unspecified atom stereocenters. The van der Waals surface area contributed by atoms with E-state index in [2.05, 4.69) is 15.5 Å². The zero-order valence-electron chi connectivity index (χ0n) is 10.7. The second-order valence-electron chi connectivity index (χ2n) is 4.43. The molecule has 0 aliphatic carbocycles. The number of pyridine rings is 1. The molecule has 2 aromatic rings. The van der Waals surface area contributed by atoms with Gasteiger partial charge in [0, 0.05) is 18.0 Å². The molecule has 0 fully saturated rings. The molecule has 3 N–H and O–H groups in total. The number of halogens is 1. The largest absolute Gasteiger partial charge is 0.259 e. The van der Waals surface area contributed by atoms with Crippen LogP contribution in [0.4, 0.5) is 10.1 Å². The molecule has 0 saturated carbocycles. The van der Waals surface area contributed by atoms with Crippen molar-refractivity contribution in [1.29, 1.82) is 0 Å². The number of nitrogens with zero attached hydrogens (tertiary/aromatic N) is 3. The highest BCUT2D eigenvalue weighted by atomic mass is 19.1. The van der Waals surface area contributed by atoms with Gasteiger partial charge in [-0.3, -0.25) is 15.8 Å². The van der Waals surface area contributed by atoms with Crippen LogP contribution in [0, 0.1) is 5.82 Å². The van der Waals surface area contributed by atoms with Crippen LogP contribution in [-0.4, -0.2) is 22.8 Å². The van der Waals surface area contributed by atoms with Gasteiger partial charge in [0.05, 0.1) is 18.3 Å². The molecule has 3 rings (SSSR count). The summed E-state index contributed by atoms with van der Waals surface area (Å²) < 4.78 is 14.0. The summed E-state index contributed by atoms with van der Waals surface area (Å²) in [6, 6.07) is 10.2. The van der Waals surface area contributed by atoms with Crippen LogP contribution >= 0.6 is 0 Å². The maximum atomic E-state index is 14.0. The third-order valence-corrected chi connectivity index (χ3v) is 3.26. The van der Waals surface area contributed by atoms with Crippen LogP contribution < -0.4 is 11.4 Å². The smallest absolute Gasteiger partial charge is 0.149 e. The fraction of sp³-hybridized carbons (Fsp3) is 0.143. The van der Waals surface area contributed by atoms with Crippen molar-refractivity contribution in [2.75, 3.05) is 6.54 Å². The zero-order chi connectivity index (χ0) is 13.9. The zero-order valence-corrected chi connectivity index (χ0v) is 10.7. The van der Waals surface area contributed by atoms with Crippen LogP contribution in [0.15, 0.2) is 47.6 Å². The van der Waals surface area contributed by atoms with Crippen LogP contribution in [0.2, 0.25) is 0 Å². The molecule has 6 heteroatoms. The van der Waals surface area contributed by atoms with Crippen molar-refractivity contribution in [3.63, 3.8) is 0 Å². The Morgan fingerprint density at radius 2 is 2.15 bits per heavy atom. The minimum atomic E-state index is -0.349. The number of fused-ring (bicyclic) bond motifs is 1. The summed E-state index contributed by atoms with van der Waals surface area (Å²) in [5, 5.41) is 1.76. The highest BCUT2D eigenvalue weighted by molar-refractivity contribution is 5.69. The van der Waals surface area contributed by atoms with E-state index >= 15 is 0 Å². The van der Waals surface area contributed by atoms with E-state index in [-0.39, 0.29) is 11.9 Å². The number of aromatic nitrogens is 1. The van der Waals surface area contributed by atoms with E-state index in [4.69, 9.17) is 5.84 Å². The molecule has 1 atom stereocenters. The van der Waals surface area contributed by atoms with Crippen LogP contribution in [0.5, 0.6) is 0 Å². The van der Waals surface area contributed by atoms with Gasteiger partial charge >= 0.3 is 0 Å². The highest BCUT2D eigenvalue weighted by Gasteiger charge is 2.27. The predicted molar refractivity (Wildman–Crippen MR) is 74.7 cm³/mol. The Morgan fingerprint density at radius 3 is 2.90 bits per heavy atom. The average molecular weight is 271 g/mol. The first-order chi connectivity index (χ1) is 9.81. The van der Waals surface area contributed by atoms with Crippen molar-refractivity contribution < 1.29 is 4.39 Å². The number of aliphatic imine (C=N–C) groups is 1. The average Bonchev–Trinajstić information content (AvgIpc) is 2.68. The summed E-state index contributed by atoms with van der Waals surface area (Å²) in [7, 11) is 0. The lowest BCUT2D eigenvalue weighted by Gasteiger charge is -2.28. The molecule has 0 spiro atoms. The van der Waals surface area contributed by atoms with Crippen molar-refractivity contribution >= 4 is 11.9 Å². The minimum Gasteiger partial charge on any atom is -0.259 e. The molecule has 0 radical (unpaired) electrons. The molecule has 0 saturated heterocycles. The number of rotatable bonds is 2. The monoisotopic (exact) mass is 271 g/mol. The first kappa shape index (κ1) is 12.9. The summed E-state index contributed by atoms with van der Waals surface area (Å²) in [5.41, 5.74) is 4.48. The molecular weight excluding hydrogens is 257 g/mol. The molecule has 5 nitrogen and oxygen atoms in total. The van der Waals surface area contributed by atoms with Gasteiger partial charge in [-0.1, -0.05) is 18.2 Å². The highest BCUT2D eigenvalue weighted by Crippen LogP contribution is 2.35. The van der Waals surface area contributed by atoms with E-state index in [1.807, 2.05) is 24.3 Å². The topological polar surface area (TPSA) is 66.5 Å². The molecule has 102 valence electrons. The molecule has 1 aliphatic rings. The van der Waals surface area contributed by atoms with Crippen LogP contribution in [0.25, 0.3) is 0 Å². The minimum absolute atomic E-state index is 0.297. The summed E-state index contributed by atoms with van der Waals surface area (Å²) in [6.07, 6.45) is 3.33. The molecular formula is C14H14FN5. The van der Waals surface area contributed by atoms with E-state index in [0.29, 0.717) is 12.2 Å². The van der Waals surface area contributed by atoms with Crippen LogP contribution in [0.3, 0.4) is 0 Å². The Labute approximate surface area is 115 Å². The van der Waals surface area contributed by atoms with Crippen molar-refractivity contribution in [2.45, 2.75) is 6.04 Å². The number of hydrogen-bond acceptors (Lipinski definition) is 5. The quantitative estimate of drug-likeness (QED) is 0.644. The Hall–Kier alpha value is -2.15. The standard InChI is InChI=1S/C14H14FN5/c15-11-5-3-4-10-13(11)18-8-9-20(19-16)14(10)12-6-1-2-7-17-12/h1-8,14,19H,9,16H2. The van der Waals surface area contributed by atoms with Crippen molar-refractivity contribution in [3.05, 3.63) is 59.7 Å². The summed E-state index contributed by atoms with van der Waals surface area (Å²) in [5.74, 6) is 5.24. The fourth-order valence-corrected chi connectivity index (χ4v) is 2.37. The number of para-hydroxylation sites is 1. The molecule has 0 amide bonds. The van der Waals surface area contributed by atoms with Crippen molar-refractivity contribution in [2.24, 2.45) is 10.8 Å². The first-order valence-electron chi connectivity index (χ1n) is 6.26. The van der Waals surface area contributed by atoms with Gasteiger partial charge in [0.25, 0.3) is 0 Å². The van der Waals surface area contributed by atoms with Crippen molar-refractivity contribution in [1.82, 2.24) is 15.5 Å². The normalized spacial score (nSPS) is 18.6. The van der Waals surface area contributed by atoms with Gasteiger partial charge in [-0.25, -0.2) is 9.40 Å². The fourth-order valence-electron chi connectivity index (χ4n) is 2.37. The molecule has 20 heavy (non-hydrogen) atoms. The Kier molecular flexibility index (Phi) is 3.51. The molecule has 1 aromatic heterocycles. The van der Waals surface area contributed by atoms with E-state index in [9.17, 15) is 4.39 Å². The number of benzene rings is 1. The second kappa shape index (κ2) is 5.46. The lowest BCUT2D eigenvalue weighted by molar-refractivity contribution is 0.174. The Morgan fingerprint density at radius 1 is 1.25 bits per heavy atom. The maximum Gasteiger partial charge on any atom is 0.149 e. The molecule has 1 aromatic carbocycles. The number of hydrazine groups is 2. The summed E-state index contributed by atoms with van der Waals surface area (Å²) in [4.78, 5) is 8.55. The predicted octanol–water partition coefficient (Wildman–Crippen LogP) is 1.71. The van der Waals surface area contributed by atoms with Gasteiger partial charge in [0.15, 0.2) is 0 Å². The van der Waals surface area contributed by atoms with E-state index in [1.54, 1.807) is 23.5 Å². The van der Waals surface area contributed by atoms with Crippen molar-refractivity contribution in [3.8, 4) is 0 Å². The van der Waals surface area contributed by atoms with E-state index < -0.39 is 0 Å². The van der Waals surface area contributed by atoms with Gasteiger partial charge in [-0.15, -0.1) is 0 Å². The Balaban J connectivity index is 2.18. The number of hydrogen-bond donors (Lipinski definition) is 2. The SMILES string of the molecule is NNN1CC=Nc2c(F)cccc2C1c1ccccn1. The summed E-state index contributed by atoms with van der Waals surface area (Å²) in [6.45, 7) is 0.450. The van der Waals surface area contributed by atoms with Gasteiger partial charge in [0.1, 0.15) is 11.5 Å². The Bertz CT molecular complexity index is 629. The first-order valence-corrected chi connectivity index (χ1v) is 6.26. The van der Waals surface area contributed by atoms with Gasteiger partial charge in [0.2, 0.25) is 0 Å². The third kappa shape index (κ3) is 2.20. The molecule has 1 aliphatic heterocycles. The van der Waals surface area contributed by atoms with Crippen LogP contribution in [-0.2, 0) is 0 Å². The van der Waals surface area contributed by atoms with Crippen LogP contribution in [0.1, 0.15) is 17.3 Å². The number of nitrogens with one attached hydrogen (secondary N) is 1. The number of nitrogens with two attached hydrogens (primary N) is 1. The second-order valence-corrected chi connectivity index (χ2v) is 4.43. The molecule has 2 heterocycles. The summed E-state index contributed by atoms with van der Waals surface area (Å²) >= 11 is 0. The third-order valence-electron chi connectivity index (χ3n) is 3.26. The molecule has 0 bridgehead atoms. The van der Waals surface area contributed by atoms with E-state index in [0.717, 1.165) is 11.3 Å². The van der Waals surface area contributed by atoms with Gasteiger partial charge in [-0.05, 0) is 18.2 Å². The maximum absolute atomic E-state index is 14.0. The lowest BCUT2D eigenvalue weighted by Crippen LogP contribution is -2.46. The van der Waals surface area contributed by atoms with E-state index in [1.165, 1.54) is 6.07 Å².